The Balaban J connectivity index is 1.34. The lowest BCUT2D eigenvalue weighted by Crippen LogP contribution is -1.97. The zero-order chi connectivity index (χ0) is 25.0. The molecule has 0 fully saturated rings. The van der Waals surface area contributed by atoms with Crippen LogP contribution in [0.1, 0.15) is 63.5 Å². The van der Waals surface area contributed by atoms with E-state index in [1.165, 1.54) is 47.6 Å². The van der Waals surface area contributed by atoms with Crippen molar-refractivity contribution in [1.82, 2.24) is 0 Å². The van der Waals surface area contributed by atoms with Crippen LogP contribution in [-0.2, 0) is 0 Å². The van der Waals surface area contributed by atoms with Crippen LogP contribution in [0, 0.1) is 11.8 Å². The van der Waals surface area contributed by atoms with Crippen LogP contribution in [0.5, 0.6) is 11.5 Å². The molecule has 36 heavy (non-hydrogen) atoms. The maximum atomic E-state index is 5.89. The lowest BCUT2D eigenvalue weighted by atomic mass is 10.0. The third-order valence-corrected chi connectivity index (χ3v) is 6.22. The van der Waals surface area contributed by atoms with Crippen LogP contribution >= 0.6 is 0 Å². The first-order chi connectivity index (χ1) is 17.7. The number of unbranched alkanes of at least 4 members (excludes halogenated alkanes) is 4. The van der Waals surface area contributed by atoms with Crippen molar-refractivity contribution in [2.24, 2.45) is 0 Å². The third-order valence-electron chi connectivity index (χ3n) is 6.22. The van der Waals surface area contributed by atoms with Gasteiger partial charge in [-0.3, -0.25) is 0 Å². The molecule has 4 aromatic carbocycles. The van der Waals surface area contributed by atoms with Crippen LogP contribution in [0.2, 0.25) is 0 Å². The molecular weight excluding hydrogens is 440 g/mol. The van der Waals surface area contributed by atoms with E-state index in [4.69, 9.17) is 9.47 Å². The second-order valence-corrected chi connectivity index (χ2v) is 9.19. The van der Waals surface area contributed by atoms with Crippen molar-refractivity contribution < 1.29 is 9.47 Å². The average molecular weight is 477 g/mol. The molecule has 0 radical (unpaired) electrons. The molecule has 0 amide bonds. The maximum Gasteiger partial charge on any atom is 0.119 e. The minimum atomic E-state index is 0.743. The van der Waals surface area contributed by atoms with Crippen molar-refractivity contribution in [2.75, 3.05) is 13.2 Å². The highest BCUT2D eigenvalue weighted by Gasteiger charge is 2.01. The van der Waals surface area contributed by atoms with Crippen molar-refractivity contribution in [3.8, 4) is 34.5 Å². The fourth-order valence-corrected chi connectivity index (χ4v) is 4.14. The Morgan fingerprint density at radius 1 is 0.500 bits per heavy atom. The second-order valence-electron chi connectivity index (χ2n) is 9.19. The number of fused-ring (bicyclic) bond motifs is 1. The summed E-state index contributed by atoms with van der Waals surface area (Å²) in [5, 5.41) is 2.34. The van der Waals surface area contributed by atoms with Crippen molar-refractivity contribution in [3.63, 3.8) is 0 Å². The fraction of sp³-hybridized carbons (Fsp3) is 0.294. The van der Waals surface area contributed by atoms with Crippen molar-refractivity contribution in [3.05, 3.63) is 96.1 Å². The van der Waals surface area contributed by atoms with Gasteiger partial charge < -0.3 is 9.47 Å². The lowest BCUT2D eigenvalue weighted by Gasteiger charge is -2.07. The molecule has 4 rings (SSSR count). The van der Waals surface area contributed by atoms with E-state index in [0.717, 1.165) is 48.7 Å². The topological polar surface area (TPSA) is 18.5 Å². The van der Waals surface area contributed by atoms with Crippen molar-refractivity contribution in [1.29, 1.82) is 0 Å². The van der Waals surface area contributed by atoms with E-state index in [2.05, 4.69) is 105 Å². The first kappa shape index (κ1) is 25.4. The summed E-state index contributed by atoms with van der Waals surface area (Å²) in [7, 11) is 0. The van der Waals surface area contributed by atoms with Gasteiger partial charge in [-0.1, -0.05) is 87.8 Å². The number of rotatable bonds is 11. The van der Waals surface area contributed by atoms with E-state index in [0.29, 0.717) is 0 Å². The Bertz CT molecular complexity index is 1290. The molecular formula is C34H36O2. The third kappa shape index (κ3) is 7.40. The molecule has 0 unspecified atom stereocenters. The molecule has 0 heterocycles. The van der Waals surface area contributed by atoms with Crippen LogP contribution in [0.3, 0.4) is 0 Å². The van der Waals surface area contributed by atoms with Crippen LogP contribution in [-0.4, -0.2) is 13.2 Å². The SMILES string of the molecule is CCCCCCCOc1ccc(-c2ccc(C#Cc3ccc4cc(OCCC)ccc4c3)cc2)cc1. The quantitative estimate of drug-likeness (QED) is 0.159. The summed E-state index contributed by atoms with van der Waals surface area (Å²) in [4.78, 5) is 0. The molecule has 0 aliphatic carbocycles. The zero-order valence-corrected chi connectivity index (χ0v) is 21.6. The number of hydrogen-bond donors (Lipinski definition) is 0. The van der Waals surface area contributed by atoms with E-state index < -0.39 is 0 Å². The molecule has 0 aliphatic heterocycles. The van der Waals surface area contributed by atoms with Crippen LogP contribution < -0.4 is 9.47 Å². The van der Waals surface area contributed by atoms with E-state index >= 15 is 0 Å². The predicted molar refractivity (Wildman–Crippen MR) is 152 cm³/mol. The summed E-state index contributed by atoms with van der Waals surface area (Å²) < 4.78 is 11.6. The van der Waals surface area contributed by atoms with Gasteiger partial charge in [-0.25, -0.2) is 0 Å². The van der Waals surface area contributed by atoms with E-state index in [-0.39, 0.29) is 0 Å². The Labute approximate surface area is 216 Å². The van der Waals surface area contributed by atoms with Gasteiger partial charge in [-0.2, -0.15) is 0 Å². The second kappa shape index (κ2) is 13.4. The summed E-state index contributed by atoms with van der Waals surface area (Å²) in [6.07, 6.45) is 7.27. The molecule has 0 saturated carbocycles. The zero-order valence-electron chi connectivity index (χ0n) is 21.6. The van der Waals surface area contributed by atoms with Crippen LogP contribution in [0.4, 0.5) is 0 Å². The van der Waals surface area contributed by atoms with Gasteiger partial charge in [0.2, 0.25) is 0 Å². The van der Waals surface area contributed by atoms with Crippen molar-refractivity contribution >= 4 is 10.8 Å². The monoisotopic (exact) mass is 476 g/mol. The highest BCUT2D eigenvalue weighted by atomic mass is 16.5. The first-order valence-electron chi connectivity index (χ1n) is 13.3. The molecule has 0 saturated heterocycles. The van der Waals surface area contributed by atoms with Gasteiger partial charge in [0.1, 0.15) is 11.5 Å². The molecule has 2 nitrogen and oxygen atoms in total. The van der Waals surface area contributed by atoms with Gasteiger partial charge in [0.15, 0.2) is 0 Å². The smallest absolute Gasteiger partial charge is 0.119 e. The molecule has 0 bridgehead atoms. The molecule has 0 aromatic heterocycles. The summed E-state index contributed by atoms with van der Waals surface area (Å²) >= 11 is 0. The van der Waals surface area contributed by atoms with Gasteiger partial charge in [-0.05, 0) is 83.3 Å². The van der Waals surface area contributed by atoms with E-state index in [9.17, 15) is 0 Å². The average Bonchev–Trinajstić information content (AvgIpc) is 2.93. The Kier molecular flexibility index (Phi) is 9.46. The number of benzene rings is 4. The van der Waals surface area contributed by atoms with Crippen LogP contribution in [0.25, 0.3) is 21.9 Å². The Morgan fingerprint density at radius 3 is 1.83 bits per heavy atom. The number of hydrogen-bond acceptors (Lipinski definition) is 2. The molecule has 0 spiro atoms. The maximum absolute atomic E-state index is 5.89. The minimum absolute atomic E-state index is 0.743. The van der Waals surface area contributed by atoms with Gasteiger partial charge in [0.05, 0.1) is 13.2 Å². The largest absolute Gasteiger partial charge is 0.494 e. The van der Waals surface area contributed by atoms with E-state index in [1.54, 1.807) is 0 Å². The lowest BCUT2D eigenvalue weighted by molar-refractivity contribution is 0.304. The first-order valence-corrected chi connectivity index (χ1v) is 13.3. The Morgan fingerprint density at radius 2 is 1.08 bits per heavy atom. The van der Waals surface area contributed by atoms with Gasteiger partial charge in [-0.15, -0.1) is 0 Å². The Hall–Kier alpha value is -3.70. The van der Waals surface area contributed by atoms with Crippen molar-refractivity contribution in [2.45, 2.75) is 52.4 Å². The van der Waals surface area contributed by atoms with Gasteiger partial charge in [0, 0.05) is 11.1 Å². The standard InChI is InChI=1S/C34H36O2/c1-3-5-6-7-8-24-36-33-20-17-30(18-21-33)29-14-11-27(12-15-29)9-10-28-13-16-32-26-34(35-23-4-2)22-19-31(32)25-28/h11-22,25-26H,3-8,23-24H2,1-2H3. The number of ether oxygens (including phenoxy) is 2. The van der Waals surface area contributed by atoms with Gasteiger partial charge >= 0.3 is 0 Å². The summed E-state index contributed by atoms with van der Waals surface area (Å²) in [5.74, 6) is 8.47. The molecule has 0 N–H and O–H groups in total. The normalized spacial score (nSPS) is 10.6. The summed E-state index contributed by atoms with van der Waals surface area (Å²) in [5.41, 5.74) is 4.38. The molecule has 4 aromatic rings. The van der Waals surface area contributed by atoms with Gasteiger partial charge in [0.25, 0.3) is 0 Å². The molecule has 2 heteroatoms. The molecule has 0 aliphatic rings. The highest BCUT2D eigenvalue weighted by Crippen LogP contribution is 2.24. The molecule has 0 atom stereocenters. The highest BCUT2D eigenvalue weighted by molar-refractivity contribution is 5.85. The predicted octanol–water partition coefficient (Wildman–Crippen LogP) is 9.04. The fourth-order valence-electron chi connectivity index (χ4n) is 4.14. The molecule has 184 valence electrons. The summed E-state index contributed by atoms with van der Waals surface area (Å²) in [6, 6.07) is 29.3. The summed E-state index contributed by atoms with van der Waals surface area (Å²) in [6.45, 7) is 5.89. The minimum Gasteiger partial charge on any atom is -0.494 e. The van der Waals surface area contributed by atoms with E-state index in [1.807, 2.05) is 6.07 Å². The van der Waals surface area contributed by atoms with Crippen LogP contribution in [0.15, 0.2) is 84.9 Å².